The fourth-order valence-electron chi connectivity index (χ4n) is 4.93. The first-order valence-electron chi connectivity index (χ1n) is 13.0. The van der Waals surface area contributed by atoms with Crippen molar-refractivity contribution in [1.29, 1.82) is 0 Å². The summed E-state index contributed by atoms with van der Waals surface area (Å²) in [5.74, 6) is 0.000889. The van der Waals surface area contributed by atoms with E-state index in [0.717, 1.165) is 16.6 Å². The predicted octanol–water partition coefficient (Wildman–Crippen LogP) is 7.20. The number of ether oxygens (including phenoxy) is 1. The number of carbonyl (C=O) groups is 1. The lowest BCUT2D eigenvalue weighted by atomic mass is 9.77. The van der Waals surface area contributed by atoms with Gasteiger partial charge in [0.15, 0.2) is 0 Å². The standard InChI is InChI=1S/C31H33BClNO4/c1-20-14-15-21(17-28(20)33)16-22(32-37-30(2,3)31(4,5)38-32)18-34-29(35)36-19-27-25-12-8-6-10-23(25)24-11-7-9-13-26(24)27/h6-17,27H,18-19H2,1-5H3,(H,34,35). The number of rotatable bonds is 6. The minimum absolute atomic E-state index is 0.000889. The van der Waals surface area contributed by atoms with Gasteiger partial charge in [-0.05, 0) is 79.5 Å². The van der Waals surface area contributed by atoms with Gasteiger partial charge in [-0.1, -0.05) is 78.3 Å². The van der Waals surface area contributed by atoms with E-state index < -0.39 is 24.4 Å². The number of alkyl carbamates (subject to hydrolysis) is 1. The largest absolute Gasteiger partial charge is 0.492 e. The maximum atomic E-state index is 12.9. The van der Waals surface area contributed by atoms with Gasteiger partial charge in [-0.3, -0.25) is 0 Å². The number of hydrogen-bond acceptors (Lipinski definition) is 4. The molecular formula is C31H33BClNO4. The fourth-order valence-corrected chi connectivity index (χ4v) is 5.12. The van der Waals surface area contributed by atoms with Crippen molar-refractivity contribution in [3.63, 3.8) is 0 Å². The van der Waals surface area contributed by atoms with Gasteiger partial charge in [0.05, 0.1) is 11.2 Å². The minimum atomic E-state index is -0.617. The maximum absolute atomic E-state index is 12.9. The monoisotopic (exact) mass is 529 g/mol. The van der Waals surface area contributed by atoms with Crippen LogP contribution in [0.4, 0.5) is 4.79 Å². The van der Waals surface area contributed by atoms with E-state index in [1.54, 1.807) is 0 Å². The molecule has 1 aliphatic heterocycles. The zero-order chi connectivity index (χ0) is 27.1. The molecule has 7 heteroatoms. The van der Waals surface area contributed by atoms with Gasteiger partial charge in [0.2, 0.25) is 0 Å². The Morgan fingerprint density at radius 1 is 0.974 bits per heavy atom. The summed E-state index contributed by atoms with van der Waals surface area (Å²) in [5, 5.41) is 3.59. The van der Waals surface area contributed by atoms with Gasteiger partial charge in [0.1, 0.15) is 6.61 Å². The molecule has 0 atom stereocenters. The van der Waals surface area contributed by atoms with Crippen LogP contribution in [0.15, 0.2) is 72.2 Å². The van der Waals surface area contributed by atoms with Crippen LogP contribution >= 0.6 is 11.6 Å². The van der Waals surface area contributed by atoms with Crippen LogP contribution < -0.4 is 5.32 Å². The Morgan fingerprint density at radius 3 is 2.13 bits per heavy atom. The zero-order valence-electron chi connectivity index (χ0n) is 22.5. The molecule has 38 heavy (non-hydrogen) atoms. The number of halogens is 1. The molecule has 196 valence electrons. The number of amides is 1. The number of nitrogens with one attached hydrogen (secondary N) is 1. The lowest BCUT2D eigenvalue weighted by Gasteiger charge is -2.32. The highest BCUT2D eigenvalue weighted by atomic mass is 35.5. The Bertz CT molecular complexity index is 1340. The zero-order valence-corrected chi connectivity index (χ0v) is 23.3. The molecule has 0 saturated carbocycles. The smallest absolute Gasteiger partial charge is 0.449 e. The molecule has 1 amide bonds. The summed E-state index contributed by atoms with van der Waals surface area (Å²) in [6, 6.07) is 22.4. The van der Waals surface area contributed by atoms with Crippen molar-refractivity contribution < 1.29 is 18.8 Å². The first-order valence-corrected chi connectivity index (χ1v) is 13.3. The van der Waals surface area contributed by atoms with E-state index in [0.29, 0.717) is 5.02 Å². The quantitative estimate of drug-likeness (QED) is 0.343. The van der Waals surface area contributed by atoms with Crippen LogP contribution in [0.3, 0.4) is 0 Å². The van der Waals surface area contributed by atoms with Gasteiger partial charge in [0.25, 0.3) is 0 Å². The number of aryl methyl sites for hydroxylation is 1. The van der Waals surface area contributed by atoms with Crippen molar-refractivity contribution in [2.45, 2.75) is 51.7 Å². The molecule has 1 saturated heterocycles. The summed E-state index contributed by atoms with van der Waals surface area (Å²) in [6.07, 6.45) is 1.47. The number of benzene rings is 3. The molecule has 2 aliphatic rings. The first kappa shape index (κ1) is 26.5. The van der Waals surface area contributed by atoms with Crippen LogP contribution in [-0.4, -0.2) is 37.6 Å². The Balaban J connectivity index is 1.30. The van der Waals surface area contributed by atoms with Crippen molar-refractivity contribution in [2.75, 3.05) is 13.2 Å². The fraction of sp³-hybridized carbons (Fsp3) is 0.323. The average molecular weight is 530 g/mol. The van der Waals surface area contributed by atoms with Crippen molar-refractivity contribution >= 4 is 30.9 Å². The maximum Gasteiger partial charge on any atom is 0.492 e. The predicted molar refractivity (Wildman–Crippen MR) is 153 cm³/mol. The van der Waals surface area contributed by atoms with Crippen LogP contribution in [0.5, 0.6) is 0 Å². The Kier molecular flexibility index (Phi) is 7.16. The number of hydrogen-bond donors (Lipinski definition) is 1. The van der Waals surface area contributed by atoms with Gasteiger partial charge in [-0.25, -0.2) is 4.79 Å². The molecule has 0 aromatic heterocycles. The first-order chi connectivity index (χ1) is 18.1. The van der Waals surface area contributed by atoms with E-state index in [2.05, 4.69) is 29.6 Å². The molecule has 1 fully saturated rings. The highest BCUT2D eigenvalue weighted by Gasteiger charge is 2.52. The van der Waals surface area contributed by atoms with Gasteiger partial charge in [-0.2, -0.15) is 0 Å². The van der Waals surface area contributed by atoms with Gasteiger partial charge in [-0.15, -0.1) is 0 Å². The van der Waals surface area contributed by atoms with Crippen molar-refractivity contribution in [3.05, 3.63) is 99.5 Å². The lowest BCUT2D eigenvalue weighted by molar-refractivity contribution is 0.00578. The van der Waals surface area contributed by atoms with Crippen LogP contribution in [0.2, 0.25) is 5.02 Å². The summed E-state index contributed by atoms with van der Waals surface area (Å²) >= 11 is 6.37. The molecule has 1 heterocycles. The Hall–Kier alpha value is -3.06. The molecule has 5 rings (SSSR count). The van der Waals surface area contributed by atoms with Crippen LogP contribution in [-0.2, 0) is 14.0 Å². The topological polar surface area (TPSA) is 56.8 Å². The summed E-state index contributed by atoms with van der Waals surface area (Å²) in [6.45, 7) is 10.4. The molecule has 3 aromatic carbocycles. The van der Waals surface area contributed by atoms with Crippen molar-refractivity contribution in [3.8, 4) is 11.1 Å². The van der Waals surface area contributed by atoms with Crippen molar-refractivity contribution in [1.82, 2.24) is 5.32 Å². The van der Waals surface area contributed by atoms with E-state index >= 15 is 0 Å². The van der Waals surface area contributed by atoms with E-state index in [9.17, 15) is 4.79 Å². The average Bonchev–Trinajstić information content (AvgIpc) is 3.31. The van der Waals surface area contributed by atoms with Crippen LogP contribution in [0, 0.1) is 6.92 Å². The SMILES string of the molecule is Cc1ccc(C=C(CNC(=O)OCC2c3ccccc3-c3ccccc32)B2OC(C)(C)C(C)(C)O2)cc1Cl. The molecular weight excluding hydrogens is 497 g/mol. The summed E-state index contributed by atoms with van der Waals surface area (Å²) in [7, 11) is -0.617. The lowest BCUT2D eigenvalue weighted by Crippen LogP contribution is -2.41. The van der Waals surface area contributed by atoms with Crippen LogP contribution in [0.1, 0.15) is 55.9 Å². The third kappa shape index (κ3) is 5.13. The summed E-state index contributed by atoms with van der Waals surface area (Å²) in [5.41, 5.74) is 6.40. The summed E-state index contributed by atoms with van der Waals surface area (Å²) in [4.78, 5) is 12.9. The molecule has 0 bridgehead atoms. The second kappa shape index (κ2) is 10.3. The molecule has 5 nitrogen and oxygen atoms in total. The third-order valence-electron chi connectivity index (χ3n) is 7.88. The van der Waals surface area contributed by atoms with E-state index in [1.165, 1.54) is 22.3 Å². The minimum Gasteiger partial charge on any atom is -0.449 e. The second-order valence-corrected chi connectivity index (χ2v) is 11.4. The van der Waals surface area contributed by atoms with Crippen LogP contribution in [0.25, 0.3) is 17.2 Å². The molecule has 3 aromatic rings. The van der Waals surface area contributed by atoms with E-state index in [-0.39, 0.29) is 19.1 Å². The van der Waals surface area contributed by atoms with Gasteiger partial charge in [0, 0.05) is 17.5 Å². The number of fused-ring (bicyclic) bond motifs is 3. The normalized spacial score (nSPS) is 17.7. The molecule has 0 spiro atoms. The Labute approximate surface area is 230 Å². The summed E-state index contributed by atoms with van der Waals surface area (Å²) < 4.78 is 18.3. The number of carbonyl (C=O) groups excluding carboxylic acids is 1. The van der Waals surface area contributed by atoms with E-state index in [4.69, 9.17) is 25.6 Å². The molecule has 0 unspecified atom stereocenters. The molecule has 0 radical (unpaired) electrons. The second-order valence-electron chi connectivity index (χ2n) is 11.0. The third-order valence-corrected chi connectivity index (χ3v) is 8.29. The molecule has 1 aliphatic carbocycles. The van der Waals surface area contributed by atoms with Gasteiger partial charge >= 0.3 is 13.2 Å². The molecule has 1 N–H and O–H groups in total. The Morgan fingerprint density at radius 2 is 1.55 bits per heavy atom. The van der Waals surface area contributed by atoms with E-state index in [1.807, 2.05) is 83.2 Å². The highest BCUT2D eigenvalue weighted by Crippen LogP contribution is 2.44. The van der Waals surface area contributed by atoms with Crippen molar-refractivity contribution in [2.24, 2.45) is 0 Å². The highest BCUT2D eigenvalue weighted by molar-refractivity contribution is 6.56. The van der Waals surface area contributed by atoms with Gasteiger partial charge < -0.3 is 19.4 Å².